The summed E-state index contributed by atoms with van der Waals surface area (Å²) in [5.74, 6) is -0.582. The van der Waals surface area contributed by atoms with Crippen molar-refractivity contribution in [1.82, 2.24) is 5.32 Å². The molecule has 0 radical (unpaired) electrons. The molecule has 0 amide bonds. The second-order valence-electron chi connectivity index (χ2n) is 5.34. The van der Waals surface area contributed by atoms with Crippen LogP contribution in [-0.4, -0.2) is 21.0 Å². The Balaban J connectivity index is 2.36. The summed E-state index contributed by atoms with van der Waals surface area (Å²) >= 11 is 5.77. The molecule has 0 bridgehead atoms. The van der Waals surface area contributed by atoms with Crippen molar-refractivity contribution in [2.24, 2.45) is 0 Å². The summed E-state index contributed by atoms with van der Waals surface area (Å²) < 4.78 is 30.3. The standard InChI is InChI=1S/C19H17ClN2O4S/c1-2-26-19(23)18(14-6-4-3-5-7-14)22-13-17(12-21)27(24,25)16-10-8-15(20)9-11-16/h3-11,13,18,22H,2H2,1H3/b17-13+/t18-/m0/s1. The van der Waals surface area contributed by atoms with E-state index >= 15 is 0 Å². The molecule has 0 aliphatic carbocycles. The molecule has 0 spiro atoms. The number of sulfone groups is 1. The van der Waals surface area contributed by atoms with Gasteiger partial charge in [0.1, 0.15) is 12.1 Å². The van der Waals surface area contributed by atoms with Crippen LogP contribution in [0.4, 0.5) is 0 Å². The van der Waals surface area contributed by atoms with E-state index in [2.05, 4.69) is 5.32 Å². The third-order valence-electron chi connectivity index (χ3n) is 3.56. The van der Waals surface area contributed by atoms with Crippen LogP contribution in [0, 0.1) is 11.3 Å². The molecule has 0 aromatic heterocycles. The Labute approximate surface area is 162 Å². The Bertz CT molecular complexity index is 965. The van der Waals surface area contributed by atoms with Gasteiger partial charge in [0.25, 0.3) is 0 Å². The van der Waals surface area contributed by atoms with Crippen LogP contribution in [-0.2, 0) is 19.4 Å². The van der Waals surface area contributed by atoms with E-state index in [1.165, 1.54) is 24.3 Å². The number of ether oxygens (including phenoxy) is 1. The fraction of sp³-hybridized carbons (Fsp3) is 0.158. The molecule has 140 valence electrons. The minimum atomic E-state index is -4.06. The van der Waals surface area contributed by atoms with Gasteiger partial charge in [0.15, 0.2) is 4.91 Å². The van der Waals surface area contributed by atoms with E-state index in [1.54, 1.807) is 43.3 Å². The largest absolute Gasteiger partial charge is 0.464 e. The number of halogens is 1. The maximum atomic E-state index is 12.6. The molecule has 0 aliphatic rings. The van der Waals surface area contributed by atoms with Gasteiger partial charge in [-0.05, 0) is 36.8 Å². The fourth-order valence-corrected chi connectivity index (χ4v) is 3.46. The average molecular weight is 405 g/mol. The molecule has 0 saturated heterocycles. The van der Waals surface area contributed by atoms with Crippen LogP contribution in [0.1, 0.15) is 18.5 Å². The molecular formula is C19H17ClN2O4S. The van der Waals surface area contributed by atoms with Crippen LogP contribution in [0.15, 0.2) is 70.6 Å². The number of nitriles is 1. The van der Waals surface area contributed by atoms with E-state index in [4.69, 9.17) is 16.3 Å². The number of esters is 1. The van der Waals surface area contributed by atoms with Crippen LogP contribution in [0.2, 0.25) is 5.02 Å². The zero-order valence-corrected chi connectivity index (χ0v) is 16.0. The highest BCUT2D eigenvalue weighted by Gasteiger charge is 2.24. The number of nitrogens with one attached hydrogen (secondary N) is 1. The van der Waals surface area contributed by atoms with Crippen molar-refractivity contribution in [3.63, 3.8) is 0 Å². The number of benzene rings is 2. The maximum Gasteiger partial charge on any atom is 0.333 e. The molecule has 0 saturated carbocycles. The van der Waals surface area contributed by atoms with Crippen molar-refractivity contribution in [3.05, 3.63) is 76.3 Å². The number of allylic oxidation sites excluding steroid dienone is 1. The van der Waals surface area contributed by atoms with E-state index in [0.717, 1.165) is 6.20 Å². The molecule has 2 aromatic rings. The Morgan fingerprint density at radius 2 is 1.85 bits per heavy atom. The second kappa shape index (κ2) is 9.21. The van der Waals surface area contributed by atoms with Crippen molar-refractivity contribution < 1.29 is 17.9 Å². The van der Waals surface area contributed by atoms with Crippen LogP contribution in [0.25, 0.3) is 0 Å². The van der Waals surface area contributed by atoms with E-state index in [0.29, 0.717) is 10.6 Å². The summed E-state index contributed by atoms with van der Waals surface area (Å²) in [7, 11) is -4.06. The first-order valence-electron chi connectivity index (χ1n) is 7.98. The second-order valence-corrected chi connectivity index (χ2v) is 7.69. The van der Waals surface area contributed by atoms with E-state index in [9.17, 15) is 18.5 Å². The lowest BCUT2D eigenvalue weighted by Crippen LogP contribution is -2.27. The Morgan fingerprint density at radius 3 is 2.41 bits per heavy atom. The van der Waals surface area contributed by atoms with Gasteiger partial charge in [-0.2, -0.15) is 5.26 Å². The molecular weight excluding hydrogens is 388 g/mol. The van der Waals surface area contributed by atoms with Gasteiger partial charge in [-0.3, -0.25) is 0 Å². The first-order chi connectivity index (χ1) is 12.9. The fourth-order valence-electron chi connectivity index (χ4n) is 2.24. The zero-order chi connectivity index (χ0) is 19.9. The predicted octanol–water partition coefficient (Wildman–Crippen LogP) is 3.37. The third-order valence-corrected chi connectivity index (χ3v) is 5.49. The van der Waals surface area contributed by atoms with Gasteiger partial charge in [-0.15, -0.1) is 0 Å². The van der Waals surface area contributed by atoms with Gasteiger partial charge in [-0.1, -0.05) is 41.9 Å². The lowest BCUT2D eigenvalue weighted by atomic mass is 10.1. The minimum absolute atomic E-state index is 0.0751. The molecule has 1 atom stereocenters. The van der Waals surface area contributed by atoms with Gasteiger partial charge in [0, 0.05) is 11.2 Å². The maximum absolute atomic E-state index is 12.6. The molecule has 0 fully saturated rings. The number of hydrogen-bond acceptors (Lipinski definition) is 6. The number of hydrogen-bond donors (Lipinski definition) is 1. The van der Waals surface area contributed by atoms with Crippen molar-refractivity contribution in [1.29, 1.82) is 5.26 Å². The van der Waals surface area contributed by atoms with E-state index in [1.807, 2.05) is 0 Å². The predicted molar refractivity (Wildman–Crippen MR) is 101 cm³/mol. The highest BCUT2D eigenvalue weighted by molar-refractivity contribution is 7.95. The molecule has 2 rings (SSSR count). The lowest BCUT2D eigenvalue weighted by molar-refractivity contribution is -0.145. The molecule has 8 heteroatoms. The van der Waals surface area contributed by atoms with Crippen LogP contribution in [0.3, 0.4) is 0 Å². The Kier molecular flexibility index (Phi) is 6.99. The number of carbonyl (C=O) groups is 1. The van der Waals surface area contributed by atoms with Crippen molar-refractivity contribution in [3.8, 4) is 6.07 Å². The van der Waals surface area contributed by atoms with Crippen molar-refractivity contribution >= 4 is 27.4 Å². The Morgan fingerprint density at radius 1 is 1.22 bits per heavy atom. The normalized spacial score (nSPS) is 12.7. The minimum Gasteiger partial charge on any atom is -0.464 e. The molecule has 27 heavy (non-hydrogen) atoms. The number of rotatable bonds is 7. The van der Waals surface area contributed by atoms with Gasteiger partial charge in [-0.25, -0.2) is 13.2 Å². The number of nitrogens with zero attached hydrogens (tertiary/aromatic N) is 1. The quantitative estimate of drug-likeness (QED) is 0.561. The van der Waals surface area contributed by atoms with Crippen LogP contribution >= 0.6 is 11.6 Å². The summed E-state index contributed by atoms with van der Waals surface area (Å²) in [6.45, 7) is 1.84. The van der Waals surface area contributed by atoms with E-state index < -0.39 is 26.8 Å². The van der Waals surface area contributed by atoms with Gasteiger partial charge in [0.2, 0.25) is 9.84 Å². The molecule has 6 nitrogen and oxygen atoms in total. The molecule has 1 N–H and O–H groups in total. The number of carbonyl (C=O) groups excluding carboxylic acids is 1. The van der Waals surface area contributed by atoms with Gasteiger partial charge < -0.3 is 10.1 Å². The summed E-state index contributed by atoms with van der Waals surface area (Å²) in [6, 6.07) is 14.8. The molecule has 2 aromatic carbocycles. The topological polar surface area (TPSA) is 96.3 Å². The average Bonchev–Trinajstić information content (AvgIpc) is 2.66. The highest BCUT2D eigenvalue weighted by atomic mass is 35.5. The molecule has 0 heterocycles. The smallest absolute Gasteiger partial charge is 0.333 e. The zero-order valence-electron chi connectivity index (χ0n) is 14.4. The van der Waals surface area contributed by atoms with Gasteiger partial charge in [0.05, 0.1) is 11.5 Å². The van der Waals surface area contributed by atoms with Crippen molar-refractivity contribution in [2.45, 2.75) is 17.9 Å². The SMILES string of the molecule is CCOC(=O)[C@@H](N/C=C(\C#N)S(=O)(=O)c1ccc(Cl)cc1)c1ccccc1. The lowest BCUT2D eigenvalue weighted by Gasteiger charge is -2.16. The third kappa shape index (κ3) is 5.09. The van der Waals surface area contributed by atoms with E-state index in [-0.39, 0.29) is 11.5 Å². The molecule has 0 aliphatic heterocycles. The first kappa shape index (κ1) is 20.5. The molecule has 0 unspecified atom stereocenters. The highest BCUT2D eigenvalue weighted by Crippen LogP contribution is 2.21. The summed E-state index contributed by atoms with van der Waals surface area (Å²) in [6.07, 6.45) is 1.01. The van der Waals surface area contributed by atoms with Crippen LogP contribution in [0.5, 0.6) is 0 Å². The monoisotopic (exact) mass is 404 g/mol. The summed E-state index contributed by atoms with van der Waals surface area (Å²) in [5, 5.41) is 12.4. The first-order valence-corrected chi connectivity index (χ1v) is 9.84. The van der Waals surface area contributed by atoms with Crippen molar-refractivity contribution in [2.75, 3.05) is 6.61 Å². The van der Waals surface area contributed by atoms with Gasteiger partial charge >= 0.3 is 5.97 Å². The Hall–Kier alpha value is -2.82. The van der Waals surface area contributed by atoms with Crippen LogP contribution < -0.4 is 5.32 Å². The summed E-state index contributed by atoms with van der Waals surface area (Å²) in [5.41, 5.74) is 0.577. The summed E-state index contributed by atoms with van der Waals surface area (Å²) in [4.78, 5) is 11.6.